The number of aliphatic carboxylic acids is 1. The zero-order chi connectivity index (χ0) is 10.6. The van der Waals surface area contributed by atoms with Gasteiger partial charge in [-0.3, -0.25) is 0 Å². The van der Waals surface area contributed by atoms with Crippen LogP contribution >= 0.6 is 11.8 Å². The highest BCUT2D eigenvalue weighted by Gasteiger charge is 2.00. The van der Waals surface area contributed by atoms with E-state index in [0.717, 1.165) is 11.0 Å². The fourth-order valence-electron chi connectivity index (χ4n) is 0.931. The lowest BCUT2D eigenvalue weighted by Crippen LogP contribution is -1.87. The summed E-state index contributed by atoms with van der Waals surface area (Å²) in [5.74, 6) is -1.49. The third-order valence-corrected chi connectivity index (χ3v) is 2.34. The number of hydrogen-bond donors (Lipinski definition) is 1. The lowest BCUT2D eigenvalue weighted by Gasteiger charge is -1.99. The topological polar surface area (TPSA) is 37.3 Å². The van der Waals surface area contributed by atoms with Crippen LogP contribution in [-0.2, 0) is 4.79 Å². The van der Waals surface area contributed by atoms with E-state index in [-0.39, 0.29) is 5.56 Å². The molecule has 14 heavy (non-hydrogen) atoms. The lowest BCUT2D eigenvalue weighted by atomic mass is 10.2. The van der Waals surface area contributed by atoms with Crippen LogP contribution in [0.1, 0.15) is 5.56 Å². The summed E-state index contributed by atoms with van der Waals surface area (Å²) in [4.78, 5) is 11.0. The van der Waals surface area contributed by atoms with E-state index in [1.54, 1.807) is 12.1 Å². The number of benzene rings is 1. The Morgan fingerprint density at radius 1 is 1.57 bits per heavy atom. The standard InChI is InChI=1S/C10H9FO2S/c1-14-8-4-2-7(9(11)6-8)3-5-10(12)13/h2-6H,1H3,(H,12,13)/b5-3+. The summed E-state index contributed by atoms with van der Waals surface area (Å²) in [5.41, 5.74) is 0.283. The molecule has 0 bridgehead atoms. The Morgan fingerprint density at radius 3 is 2.79 bits per heavy atom. The van der Waals surface area contributed by atoms with Gasteiger partial charge in [-0.2, -0.15) is 0 Å². The second kappa shape index (κ2) is 4.81. The molecule has 1 aromatic carbocycles. The molecule has 0 radical (unpaired) electrons. The molecule has 0 saturated carbocycles. The van der Waals surface area contributed by atoms with Crippen LogP contribution < -0.4 is 0 Å². The maximum absolute atomic E-state index is 13.2. The third kappa shape index (κ3) is 2.88. The van der Waals surface area contributed by atoms with E-state index in [0.29, 0.717) is 0 Å². The summed E-state index contributed by atoms with van der Waals surface area (Å²) < 4.78 is 13.2. The van der Waals surface area contributed by atoms with Gasteiger partial charge >= 0.3 is 5.97 Å². The van der Waals surface area contributed by atoms with Gasteiger partial charge in [-0.05, 0) is 24.5 Å². The number of thioether (sulfide) groups is 1. The zero-order valence-corrected chi connectivity index (χ0v) is 8.34. The van der Waals surface area contributed by atoms with Crippen molar-refractivity contribution < 1.29 is 14.3 Å². The maximum Gasteiger partial charge on any atom is 0.328 e. The fraction of sp³-hybridized carbons (Fsp3) is 0.100. The number of carboxylic acid groups (broad SMARTS) is 1. The second-order valence-electron chi connectivity index (χ2n) is 2.56. The summed E-state index contributed by atoms with van der Waals surface area (Å²) in [6, 6.07) is 4.68. The highest BCUT2D eigenvalue weighted by Crippen LogP contribution is 2.19. The van der Waals surface area contributed by atoms with Crippen LogP contribution in [0.5, 0.6) is 0 Å². The first-order valence-corrected chi connectivity index (χ1v) is 5.10. The SMILES string of the molecule is CSc1ccc(/C=C/C(=O)O)c(F)c1. The van der Waals surface area contributed by atoms with Gasteiger partial charge in [-0.1, -0.05) is 6.07 Å². The van der Waals surface area contributed by atoms with E-state index >= 15 is 0 Å². The van der Waals surface area contributed by atoms with Crippen LogP contribution in [0.25, 0.3) is 6.08 Å². The molecule has 0 aliphatic heterocycles. The van der Waals surface area contributed by atoms with E-state index in [9.17, 15) is 9.18 Å². The summed E-state index contributed by atoms with van der Waals surface area (Å²) in [6.07, 6.45) is 4.00. The van der Waals surface area contributed by atoms with Gasteiger partial charge < -0.3 is 5.11 Å². The molecule has 1 aromatic rings. The minimum Gasteiger partial charge on any atom is -0.478 e. The van der Waals surface area contributed by atoms with Gasteiger partial charge in [0.2, 0.25) is 0 Å². The van der Waals surface area contributed by atoms with Crippen molar-refractivity contribution in [2.75, 3.05) is 6.26 Å². The van der Waals surface area contributed by atoms with Crippen molar-refractivity contribution >= 4 is 23.8 Å². The van der Waals surface area contributed by atoms with Gasteiger partial charge in [0.05, 0.1) is 0 Å². The van der Waals surface area contributed by atoms with Gasteiger partial charge in [-0.25, -0.2) is 9.18 Å². The van der Waals surface area contributed by atoms with Gasteiger partial charge in [0.15, 0.2) is 0 Å². The Labute approximate surface area is 85.4 Å². The zero-order valence-electron chi connectivity index (χ0n) is 7.53. The molecule has 0 spiro atoms. The molecule has 4 heteroatoms. The predicted octanol–water partition coefficient (Wildman–Crippen LogP) is 2.65. The molecular formula is C10H9FO2S. The normalized spacial score (nSPS) is 10.7. The van der Waals surface area contributed by atoms with E-state index in [1.165, 1.54) is 23.9 Å². The Hall–Kier alpha value is -1.29. The quantitative estimate of drug-likeness (QED) is 0.618. The van der Waals surface area contributed by atoms with Crippen molar-refractivity contribution in [3.05, 3.63) is 35.7 Å². The van der Waals surface area contributed by atoms with Crippen molar-refractivity contribution in [3.63, 3.8) is 0 Å². The van der Waals surface area contributed by atoms with Crippen LogP contribution in [0.3, 0.4) is 0 Å². The van der Waals surface area contributed by atoms with Gasteiger partial charge in [-0.15, -0.1) is 11.8 Å². The molecule has 0 saturated heterocycles. The molecular weight excluding hydrogens is 203 g/mol. The van der Waals surface area contributed by atoms with Crippen molar-refractivity contribution in [1.29, 1.82) is 0 Å². The van der Waals surface area contributed by atoms with Gasteiger partial charge in [0, 0.05) is 16.5 Å². The monoisotopic (exact) mass is 212 g/mol. The molecule has 0 aromatic heterocycles. The molecule has 0 aliphatic rings. The minimum atomic E-state index is -1.08. The average Bonchev–Trinajstić information content (AvgIpc) is 2.15. The molecule has 2 nitrogen and oxygen atoms in total. The van der Waals surface area contributed by atoms with Crippen LogP contribution in [-0.4, -0.2) is 17.3 Å². The average molecular weight is 212 g/mol. The van der Waals surface area contributed by atoms with Crippen molar-refractivity contribution in [3.8, 4) is 0 Å². The van der Waals surface area contributed by atoms with Crippen molar-refractivity contribution in [2.45, 2.75) is 4.90 Å². The first kappa shape index (κ1) is 10.8. The molecule has 0 amide bonds. The number of rotatable bonds is 3. The van der Waals surface area contributed by atoms with Crippen molar-refractivity contribution in [1.82, 2.24) is 0 Å². The summed E-state index contributed by atoms with van der Waals surface area (Å²) in [7, 11) is 0. The van der Waals surface area contributed by atoms with Crippen LogP contribution in [0.2, 0.25) is 0 Å². The Balaban J connectivity index is 2.94. The van der Waals surface area contributed by atoms with Gasteiger partial charge in [0.25, 0.3) is 0 Å². The highest BCUT2D eigenvalue weighted by molar-refractivity contribution is 7.98. The number of hydrogen-bond acceptors (Lipinski definition) is 2. The second-order valence-corrected chi connectivity index (χ2v) is 3.44. The van der Waals surface area contributed by atoms with E-state index in [1.807, 2.05) is 6.26 Å². The molecule has 74 valence electrons. The predicted molar refractivity (Wildman–Crippen MR) is 54.9 cm³/mol. The third-order valence-electron chi connectivity index (χ3n) is 1.61. The Morgan fingerprint density at radius 2 is 2.29 bits per heavy atom. The van der Waals surface area contributed by atoms with E-state index < -0.39 is 11.8 Å². The fourth-order valence-corrected chi connectivity index (χ4v) is 1.36. The Kier molecular flexibility index (Phi) is 3.71. The lowest BCUT2D eigenvalue weighted by molar-refractivity contribution is -0.131. The highest BCUT2D eigenvalue weighted by atomic mass is 32.2. The van der Waals surface area contributed by atoms with E-state index in [4.69, 9.17) is 5.11 Å². The molecule has 0 aliphatic carbocycles. The Bertz CT molecular complexity index is 374. The summed E-state index contributed by atoms with van der Waals surface area (Å²) in [5, 5.41) is 8.35. The molecule has 0 heterocycles. The van der Waals surface area contributed by atoms with Crippen molar-refractivity contribution in [2.24, 2.45) is 0 Å². The number of carbonyl (C=O) groups is 1. The summed E-state index contributed by atoms with van der Waals surface area (Å²) >= 11 is 1.44. The van der Waals surface area contributed by atoms with Crippen LogP contribution in [0.15, 0.2) is 29.2 Å². The molecule has 1 rings (SSSR count). The molecule has 0 atom stereocenters. The maximum atomic E-state index is 13.2. The number of carboxylic acids is 1. The van der Waals surface area contributed by atoms with Crippen LogP contribution in [0, 0.1) is 5.82 Å². The van der Waals surface area contributed by atoms with Gasteiger partial charge in [0.1, 0.15) is 5.82 Å². The molecule has 0 unspecified atom stereocenters. The molecule has 0 fully saturated rings. The number of halogens is 1. The largest absolute Gasteiger partial charge is 0.478 e. The minimum absolute atomic E-state index is 0.283. The van der Waals surface area contributed by atoms with Crippen LogP contribution in [0.4, 0.5) is 4.39 Å². The first-order chi connectivity index (χ1) is 6.63. The molecule has 1 N–H and O–H groups in total. The van der Waals surface area contributed by atoms with E-state index in [2.05, 4.69) is 0 Å². The first-order valence-electron chi connectivity index (χ1n) is 3.88. The smallest absolute Gasteiger partial charge is 0.328 e. The summed E-state index contributed by atoms with van der Waals surface area (Å²) in [6.45, 7) is 0.